The van der Waals surface area contributed by atoms with Crippen LogP contribution in [0.25, 0.3) is 0 Å². The first kappa shape index (κ1) is 15.4. The molecule has 0 N–H and O–H groups in total. The van der Waals surface area contributed by atoms with Gasteiger partial charge >= 0.3 is 0 Å². The van der Waals surface area contributed by atoms with Crippen LogP contribution in [-0.4, -0.2) is 20.3 Å². The average Bonchev–Trinajstić information content (AvgIpc) is 2.47. The third-order valence-electron chi connectivity index (χ3n) is 4.70. The summed E-state index contributed by atoms with van der Waals surface area (Å²) in [5.41, 5.74) is 1.40. The van der Waals surface area contributed by atoms with Gasteiger partial charge in [0.25, 0.3) is 0 Å². The third kappa shape index (κ3) is 3.76. The summed E-state index contributed by atoms with van der Waals surface area (Å²) in [5, 5.41) is 0. The lowest BCUT2D eigenvalue weighted by Crippen LogP contribution is -2.43. The summed E-state index contributed by atoms with van der Waals surface area (Å²) in [6.45, 7) is 2.27. The van der Waals surface area contributed by atoms with E-state index in [0.717, 1.165) is 24.0 Å². The molecule has 2 unspecified atom stereocenters. The van der Waals surface area contributed by atoms with Gasteiger partial charge < -0.3 is 9.47 Å². The molecule has 1 aromatic rings. The van der Waals surface area contributed by atoms with E-state index in [9.17, 15) is 0 Å². The van der Waals surface area contributed by atoms with Crippen LogP contribution < -0.4 is 4.74 Å². The Morgan fingerprint density at radius 1 is 1.05 bits per heavy atom. The fourth-order valence-corrected chi connectivity index (χ4v) is 3.41. The minimum Gasteiger partial charge on any atom is -0.497 e. The van der Waals surface area contributed by atoms with Crippen molar-refractivity contribution in [3.63, 3.8) is 0 Å². The maximum Gasteiger partial charge on any atom is 0.118 e. The van der Waals surface area contributed by atoms with E-state index in [1.54, 1.807) is 7.11 Å². The van der Waals surface area contributed by atoms with Gasteiger partial charge in [0.05, 0.1) is 13.2 Å². The molecule has 0 heterocycles. The van der Waals surface area contributed by atoms with Gasteiger partial charge in [0, 0.05) is 7.11 Å². The topological polar surface area (TPSA) is 18.5 Å². The number of aryl methyl sites for hydroxylation is 1. The maximum atomic E-state index is 5.71. The van der Waals surface area contributed by atoms with Crippen LogP contribution in [0.15, 0.2) is 24.3 Å². The molecule has 1 fully saturated rings. The van der Waals surface area contributed by atoms with E-state index in [1.807, 2.05) is 19.2 Å². The summed E-state index contributed by atoms with van der Waals surface area (Å²) >= 11 is 0. The Labute approximate surface area is 123 Å². The lowest BCUT2D eigenvalue weighted by molar-refractivity contribution is -0.0783. The van der Waals surface area contributed by atoms with Crippen molar-refractivity contribution in [3.05, 3.63) is 29.8 Å². The molecule has 20 heavy (non-hydrogen) atoms. The van der Waals surface area contributed by atoms with Gasteiger partial charge in [-0.25, -0.2) is 0 Å². The molecule has 1 aliphatic rings. The number of hydrogen-bond donors (Lipinski definition) is 0. The fraction of sp³-hybridized carbons (Fsp3) is 0.667. The molecule has 0 saturated heterocycles. The van der Waals surface area contributed by atoms with Crippen molar-refractivity contribution < 1.29 is 9.47 Å². The number of ether oxygens (including phenoxy) is 2. The molecular formula is C18H28O2. The summed E-state index contributed by atoms with van der Waals surface area (Å²) in [5.74, 6) is 2.50. The minimum absolute atomic E-state index is 0.500. The number of methoxy groups -OCH3 is 2. The highest BCUT2D eigenvalue weighted by atomic mass is 16.5. The van der Waals surface area contributed by atoms with E-state index in [4.69, 9.17) is 9.47 Å². The second-order valence-electron chi connectivity index (χ2n) is 5.99. The standard InChI is InChI=1S/C18H28O2/c1-4-5-6-15-13-16(18(15)20-3)10-7-14-8-11-17(19-2)12-9-14/h8-9,11-12,15-16,18H,4-7,10,13H2,1-3H3/t15?,16-,18?/m1/s1. The van der Waals surface area contributed by atoms with Gasteiger partial charge in [0.2, 0.25) is 0 Å². The zero-order valence-corrected chi connectivity index (χ0v) is 13.1. The molecule has 0 bridgehead atoms. The Hall–Kier alpha value is -1.02. The molecule has 1 aliphatic carbocycles. The monoisotopic (exact) mass is 276 g/mol. The Morgan fingerprint density at radius 3 is 2.35 bits per heavy atom. The Bertz CT molecular complexity index is 385. The molecule has 112 valence electrons. The average molecular weight is 276 g/mol. The molecule has 2 heteroatoms. The predicted molar refractivity (Wildman–Crippen MR) is 83.2 cm³/mol. The number of hydrogen-bond acceptors (Lipinski definition) is 2. The highest BCUT2D eigenvalue weighted by molar-refractivity contribution is 5.27. The summed E-state index contributed by atoms with van der Waals surface area (Å²) in [6.07, 6.45) is 8.23. The largest absolute Gasteiger partial charge is 0.497 e. The van der Waals surface area contributed by atoms with Gasteiger partial charge in [-0.3, -0.25) is 0 Å². The third-order valence-corrected chi connectivity index (χ3v) is 4.70. The quantitative estimate of drug-likeness (QED) is 0.697. The van der Waals surface area contributed by atoms with E-state index < -0.39 is 0 Å². The summed E-state index contributed by atoms with van der Waals surface area (Å²) in [6, 6.07) is 8.45. The van der Waals surface area contributed by atoms with Crippen LogP contribution in [0.1, 0.15) is 44.6 Å². The van der Waals surface area contributed by atoms with Gasteiger partial charge in [-0.05, 0) is 55.2 Å². The highest BCUT2D eigenvalue weighted by Gasteiger charge is 2.39. The predicted octanol–water partition coefficient (Wildman–Crippen LogP) is 4.47. The first-order chi connectivity index (χ1) is 9.78. The van der Waals surface area contributed by atoms with Gasteiger partial charge in [0.1, 0.15) is 5.75 Å². The molecule has 0 spiro atoms. The van der Waals surface area contributed by atoms with Crippen LogP contribution in [0.2, 0.25) is 0 Å². The first-order valence-corrected chi connectivity index (χ1v) is 7.94. The van der Waals surface area contributed by atoms with E-state index in [0.29, 0.717) is 6.10 Å². The summed E-state index contributed by atoms with van der Waals surface area (Å²) in [7, 11) is 3.59. The summed E-state index contributed by atoms with van der Waals surface area (Å²) < 4.78 is 10.9. The summed E-state index contributed by atoms with van der Waals surface area (Å²) in [4.78, 5) is 0. The van der Waals surface area contributed by atoms with Crippen LogP contribution >= 0.6 is 0 Å². The molecule has 0 radical (unpaired) electrons. The van der Waals surface area contributed by atoms with E-state index in [-0.39, 0.29) is 0 Å². The van der Waals surface area contributed by atoms with Crippen LogP contribution in [0.4, 0.5) is 0 Å². The van der Waals surface area contributed by atoms with Crippen LogP contribution in [-0.2, 0) is 11.2 Å². The molecule has 1 saturated carbocycles. The normalized spacial score (nSPS) is 25.2. The van der Waals surface area contributed by atoms with Gasteiger partial charge in [-0.2, -0.15) is 0 Å². The molecule has 1 aromatic carbocycles. The minimum atomic E-state index is 0.500. The van der Waals surface area contributed by atoms with Crippen molar-refractivity contribution in [3.8, 4) is 5.75 Å². The van der Waals surface area contributed by atoms with Crippen molar-refractivity contribution in [2.24, 2.45) is 11.8 Å². The van der Waals surface area contributed by atoms with E-state index in [1.165, 1.54) is 37.7 Å². The number of benzene rings is 1. The zero-order chi connectivity index (χ0) is 14.4. The van der Waals surface area contributed by atoms with Gasteiger partial charge in [-0.15, -0.1) is 0 Å². The molecule has 3 atom stereocenters. The smallest absolute Gasteiger partial charge is 0.118 e. The zero-order valence-electron chi connectivity index (χ0n) is 13.1. The Morgan fingerprint density at radius 2 is 1.75 bits per heavy atom. The van der Waals surface area contributed by atoms with Crippen LogP contribution in [0.3, 0.4) is 0 Å². The van der Waals surface area contributed by atoms with Crippen molar-refractivity contribution in [1.82, 2.24) is 0 Å². The fourth-order valence-electron chi connectivity index (χ4n) is 3.41. The second kappa shape index (κ2) is 7.68. The lowest BCUT2D eigenvalue weighted by atomic mass is 9.67. The van der Waals surface area contributed by atoms with Crippen LogP contribution in [0.5, 0.6) is 5.75 Å². The number of unbranched alkanes of at least 4 members (excludes halogenated alkanes) is 1. The molecule has 2 nitrogen and oxygen atoms in total. The van der Waals surface area contributed by atoms with E-state index in [2.05, 4.69) is 19.1 Å². The SMILES string of the molecule is CCCCC1C[C@@H](CCc2ccc(OC)cc2)C1OC. The van der Waals surface area contributed by atoms with Crippen molar-refractivity contribution in [2.45, 2.75) is 51.6 Å². The highest BCUT2D eigenvalue weighted by Crippen LogP contribution is 2.42. The molecule has 0 aromatic heterocycles. The van der Waals surface area contributed by atoms with Gasteiger partial charge in [0.15, 0.2) is 0 Å². The second-order valence-corrected chi connectivity index (χ2v) is 5.99. The molecular weight excluding hydrogens is 248 g/mol. The first-order valence-electron chi connectivity index (χ1n) is 7.94. The molecule has 0 aliphatic heterocycles. The van der Waals surface area contributed by atoms with Crippen LogP contribution in [0, 0.1) is 11.8 Å². The lowest BCUT2D eigenvalue weighted by Gasteiger charge is -2.44. The van der Waals surface area contributed by atoms with E-state index >= 15 is 0 Å². The van der Waals surface area contributed by atoms with Gasteiger partial charge in [-0.1, -0.05) is 31.9 Å². The van der Waals surface area contributed by atoms with Crippen molar-refractivity contribution in [1.29, 1.82) is 0 Å². The Kier molecular flexibility index (Phi) is 5.90. The molecule has 2 rings (SSSR count). The molecule has 0 amide bonds. The van der Waals surface area contributed by atoms with Crippen molar-refractivity contribution >= 4 is 0 Å². The van der Waals surface area contributed by atoms with Crippen molar-refractivity contribution in [2.75, 3.05) is 14.2 Å². The number of rotatable bonds is 8. The Balaban J connectivity index is 1.76. The maximum absolute atomic E-state index is 5.71.